The van der Waals surface area contributed by atoms with Gasteiger partial charge >= 0.3 is 0 Å². The Morgan fingerprint density at radius 3 is 2.54 bits per heavy atom. The Bertz CT molecular complexity index is 518. The fourth-order valence-corrected chi connectivity index (χ4v) is 3.01. The summed E-state index contributed by atoms with van der Waals surface area (Å²) in [5.74, 6) is 1.05. The molecule has 2 atom stereocenters. The van der Waals surface area contributed by atoms with Crippen molar-refractivity contribution in [1.82, 2.24) is 10.2 Å². The van der Waals surface area contributed by atoms with Crippen LogP contribution in [0.2, 0.25) is 0 Å². The van der Waals surface area contributed by atoms with Crippen LogP contribution in [0.25, 0.3) is 0 Å². The molecular weight excluding hydrogens is 350 g/mol. The topological polar surface area (TPSA) is 67.6 Å². The Hall–Kier alpha value is -1.30. The fourth-order valence-electron chi connectivity index (χ4n) is 3.01. The lowest BCUT2D eigenvalue weighted by atomic mass is 9.99. The summed E-state index contributed by atoms with van der Waals surface area (Å²) in [6.07, 6.45) is 4.34. The molecule has 1 aliphatic heterocycles. The molecule has 2 unspecified atom stereocenters. The molecule has 1 aromatic carbocycles. The van der Waals surface area contributed by atoms with Gasteiger partial charge < -0.3 is 15.8 Å². The molecule has 1 saturated heterocycles. The Morgan fingerprint density at radius 2 is 1.92 bits per heavy atom. The van der Waals surface area contributed by atoms with Crippen LogP contribution in [0.5, 0.6) is 5.75 Å². The van der Waals surface area contributed by atoms with Gasteiger partial charge in [0.15, 0.2) is 0 Å². The van der Waals surface area contributed by atoms with Crippen LogP contribution in [0.15, 0.2) is 24.3 Å². The number of carbonyl (C=O) groups is 1. The van der Waals surface area contributed by atoms with E-state index in [9.17, 15) is 4.79 Å². The van der Waals surface area contributed by atoms with Crippen molar-refractivity contribution in [1.29, 1.82) is 0 Å². The summed E-state index contributed by atoms with van der Waals surface area (Å²) in [5, 5.41) is 2.93. The van der Waals surface area contributed by atoms with E-state index in [0.29, 0.717) is 6.54 Å². The van der Waals surface area contributed by atoms with Gasteiger partial charge in [0.25, 0.3) is 0 Å². The fraction of sp³-hybridized carbons (Fsp3) is 0.650. The minimum Gasteiger partial charge on any atom is -0.492 e. The monoisotopic (exact) mass is 383 g/mol. The molecule has 26 heavy (non-hydrogen) atoms. The summed E-state index contributed by atoms with van der Waals surface area (Å²) in [6, 6.07) is 7.71. The van der Waals surface area contributed by atoms with Gasteiger partial charge in [0.2, 0.25) is 5.91 Å². The minimum atomic E-state index is -0.420. The van der Waals surface area contributed by atoms with Crippen molar-refractivity contribution in [3.8, 4) is 5.75 Å². The normalized spacial score (nSPS) is 16.6. The van der Waals surface area contributed by atoms with Gasteiger partial charge in [-0.1, -0.05) is 32.4 Å². The third-order valence-corrected chi connectivity index (χ3v) is 5.07. The second-order valence-corrected chi connectivity index (χ2v) is 6.99. The first-order valence-electron chi connectivity index (χ1n) is 9.57. The van der Waals surface area contributed by atoms with Gasteiger partial charge in [-0.3, -0.25) is 9.69 Å². The van der Waals surface area contributed by atoms with E-state index in [1.807, 2.05) is 26.0 Å². The number of carbonyl (C=O) groups excluding carboxylic acids is 1. The summed E-state index contributed by atoms with van der Waals surface area (Å²) in [7, 11) is 0. The molecule has 0 bridgehead atoms. The smallest absolute Gasteiger partial charge is 0.237 e. The standard InChI is InChI=1S/C20H33N3O2.ClH/c1-3-16(2)19(21)20(24)22-11-10-17-6-8-18(9-7-17)25-15-14-23-12-4-5-13-23;/h6-9,16,19H,3-5,10-15,21H2,1-2H3,(H,22,24);1H. The summed E-state index contributed by atoms with van der Waals surface area (Å²) in [6.45, 7) is 8.81. The molecule has 5 nitrogen and oxygen atoms in total. The van der Waals surface area contributed by atoms with E-state index < -0.39 is 6.04 Å². The summed E-state index contributed by atoms with van der Waals surface area (Å²) in [5.41, 5.74) is 7.11. The number of amides is 1. The van der Waals surface area contributed by atoms with Gasteiger partial charge in [-0.2, -0.15) is 0 Å². The van der Waals surface area contributed by atoms with E-state index in [2.05, 4.69) is 22.3 Å². The second-order valence-electron chi connectivity index (χ2n) is 6.99. The van der Waals surface area contributed by atoms with Crippen molar-refractivity contribution in [2.45, 2.75) is 45.6 Å². The first kappa shape index (κ1) is 22.7. The molecule has 0 radical (unpaired) electrons. The molecule has 1 aliphatic rings. The first-order chi connectivity index (χ1) is 12.1. The number of ether oxygens (including phenoxy) is 1. The van der Waals surface area contributed by atoms with Crippen LogP contribution in [0.3, 0.4) is 0 Å². The van der Waals surface area contributed by atoms with E-state index in [1.165, 1.54) is 31.5 Å². The minimum absolute atomic E-state index is 0. The molecule has 3 N–H and O–H groups in total. The number of benzene rings is 1. The number of hydrogen-bond acceptors (Lipinski definition) is 4. The number of nitrogens with one attached hydrogen (secondary N) is 1. The molecule has 2 rings (SSSR count). The SMILES string of the molecule is CCC(C)C(N)C(=O)NCCc1ccc(OCCN2CCCC2)cc1.Cl. The van der Waals surface area contributed by atoms with Crippen LogP contribution < -0.4 is 15.8 Å². The third kappa shape index (κ3) is 7.52. The number of halogens is 1. The quantitative estimate of drug-likeness (QED) is 0.651. The van der Waals surface area contributed by atoms with Crippen LogP contribution in [0.4, 0.5) is 0 Å². The molecule has 1 heterocycles. The Kier molecular flexibility index (Phi) is 10.6. The van der Waals surface area contributed by atoms with Crippen LogP contribution in [0.1, 0.15) is 38.7 Å². The lowest BCUT2D eigenvalue weighted by molar-refractivity contribution is -0.123. The van der Waals surface area contributed by atoms with Crippen molar-refractivity contribution in [2.24, 2.45) is 11.7 Å². The van der Waals surface area contributed by atoms with Crippen molar-refractivity contribution in [3.05, 3.63) is 29.8 Å². The zero-order chi connectivity index (χ0) is 18.1. The number of likely N-dealkylation sites (tertiary alicyclic amines) is 1. The van der Waals surface area contributed by atoms with E-state index >= 15 is 0 Å². The zero-order valence-corrected chi connectivity index (χ0v) is 16.9. The summed E-state index contributed by atoms with van der Waals surface area (Å²) in [4.78, 5) is 14.4. The Balaban J connectivity index is 0.00000338. The molecule has 0 aromatic heterocycles. The maximum atomic E-state index is 12.0. The van der Waals surface area contributed by atoms with Gasteiger partial charge in [0.05, 0.1) is 6.04 Å². The molecule has 6 heteroatoms. The van der Waals surface area contributed by atoms with Gasteiger partial charge in [-0.15, -0.1) is 12.4 Å². The zero-order valence-electron chi connectivity index (χ0n) is 16.1. The maximum Gasteiger partial charge on any atom is 0.237 e. The Labute approximate surface area is 164 Å². The van der Waals surface area contributed by atoms with Gasteiger partial charge in [-0.05, 0) is 56.0 Å². The van der Waals surface area contributed by atoms with Crippen molar-refractivity contribution in [2.75, 3.05) is 32.8 Å². The molecule has 1 aromatic rings. The molecule has 148 valence electrons. The van der Waals surface area contributed by atoms with Gasteiger partial charge in [0.1, 0.15) is 12.4 Å². The highest BCUT2D eigenvalue weighted by molar-refractivity contribution is 5.85. The number of rotatable bonds is 10. The summed E-state index contributed by atoms with van der Waals surface area (Å²) >= 11 is 0. The van der Waals surface area contributed by atoms with Crippen LogP contribution in [0, 0.1) is 5.92 Å². The summed E-state index contributed by atoms with van der Waals surface area (Å²) < 4.78 is 5.81. The van der Waals surface area contributed by atoms with Crippen LogP contribution in [-0.4, -0.2) is 49.6 Å². The highest BCUT2D eigenvalue weighted by Crippen LogP contribution is 2.13. The van der Waals surface area contributed by atoms with Crippen molar-refractivity contribution >= 4 is 18.3 Å². The number of hydrogen-bond donors (Lipinski definition) is 2. The van der Waals surface area contributed by atoms with E-state index in [4.69, 9.17) is 10.5 Å². The third-order valence-electron chi connectivity index (χ3n) is 5.07. The molecule has 0 aliphatic carbocycles. The van der Waals surface area contributed by atoms with Crippen molar-refractivity contribution in [3.63, 3.8) is 0 Å². The highest BCUT2D eigenvalue weighted by atomic mass is 35.5. The average molecular weight is 384 g/mol. The predicted octanol–water partition coefficient (Wildman–Crippen LogP) is 2.62. The number of nitrogens with two attached hydrogens (primary N) is 1. The highest BCUT2D eigenvalue weighted by Gasteiger charge is 2.18. The predicted molar refractivity (Wildman–Crippen MR) is 109 cm³/mol. The maximum absolute atomic E-state index is 12.0. The van der Waals surface area contributed by atoms with E-state index in [-0.39, 0.29) is 24.2 Å². The van der Waals surface area contributed by atoms with Crippen LogP contribution in [-0.2, 0) is 11.2 Å². The first-order valence-corrected chi connectivity index (χ1v) is 9.57. The van der Waals surface area contributed by atoms with Crippen molar-refractivity contribution < 1.29 is 9.53 Å². The second kappa shape index (κ2) is 12.2. The molecular formula is C20H34ClN3O2. The van der Waals surface area contributed by atoms with E-state index in [0.717, 1.165) is 31.7 Å². The molecule has 0 spiro atoms. The van der Waals surface area contributed by atoms with Gasteiger partial charge in [0, 0.05) is 13.1 Å². The van der Waals surface area contributed by atoms with Crippen LogP contribution >= 0.6 is 12.4 Å². The molecule has 1 fully saturated rings. The van der Waals surface area contributed by atoms with E-state index in [1.54, 1.807) is 0 Å². The lowest BCUT2D eigenvalue weighted by Crippen LogP contribution is -2.45. The molecule has 0 saturated carbocycles. The Morgan fingerprint density at radius 1 is 1.27 bits per heavy atom. The van der Waals surface area contributed by atoms with Gasteiger partial charge in [-0.25, -0.2) is 0 Å². The number of nitrogens with zero attached hydrogens (tertiary/aromatic N) is 1. The average Bonchev–Trinajstić information content (AvgIpc) is 3.15. The molecule has 1 amide bonds. The largest absolute Gasteiger partial charge is 0.492 e. The lowest BCUT2D eigenvalue weighted by Gasteiger charge is -2.17.